The summed E-state index contributed by atoms with van der Waals surface area (Å²) in [5.74, 6) is 0.366. The van der Waals surface area contributed by atoms with E-state index >= 15 is 0 Å². The maximum atomic E-state index is 9.60. The van der Waals surface area contributed by atoms with Gasteiger partial charge in [0.1, 0.15) is 0 Å². The lowest BCUT2D eigenvalue weighted by molar-refractivity contribution is 0.146. The van der Waals surface area contributed by atoms with Crippen LogP contribution in [0.25, 0.3) is 0 Å². The lowest BCUT2D eigenvalue weighted by Crippen LogP contribution is -2.30. The second-order valence-electron chi connectivity index (χ2n) is 4.14. The first-order chi connectivity index (χ1) is 7.27. The molecule has 0 spiro atoms. The number of aliphatic hydroxyl groups is 1. The number of hydrogen-bond donors (Lipinski definition) is 3. The third-order valence-corrected chi connectivity index (χ3v) is 3.99. The van der Waals surface area contributed by atoms with Crippen LogP contribution in [0.15, 0.2) is 11.4 Å². The summed E-state index contributed by atoms with van der Waals surface area (Å²) < 4.78 is 0. The predicted octanol–water partition coefficient (Wildman–Crippen LogP) is 0.726. The second kappa shape index (κ2) is 5.07. The summed E-state index contributed by atoms with van der Waals surface area (Å²) in [5, 5.41) is 18.3. The van der Waals surface area contributed by atoms with E-state index in [1.165, 1.54) is 10.4 Å². The molecule has 1 aliphatic rings. The molecule has 0 saturated carbocycles. The third kappa shape index (κ3) is 2.78. The van der Waals surface area contributed by atoms with Crippen LogP contribution in [-0.2, 0) is 6.54 Å². The van der Waals surface area contributed by atoms with Crippen molar-refractivity contribution < 1.29 is 5.11 Å². The summed E-state index contributed by atoms with van der Waals surface area (Å²) in [6.07, 6.45) is -0.179. The van der Waals surface area contributed by atoms with Crippen LogP contribution < -0.4 is 10.6 Å². The van der Waals surface area contributed by atoms with E-state index in [4.69, 9.17) is 0 Å². The molecule has 1 aromatic rings. The molecule has 0 bridgehead atoms. The van der Waals surface area contributed by atoms with Gasteiger partial charge in [-0.05, 0) is 23.9 Å². The molecule has 4 heteroatoms. The number of rotatable bonds is 4. The Morgan fingerprint density at radius 3 is 3.07 bits per heavy atom. The number of thiophene rings is 1. The van der Waals surface area contributed by atoms with E-state index in [-0.39, 0.29) is 6.10 Å². The van der Waals surface area contributed by atoms with Gasteiger partial charge in [0.15, 0.2) is 0 Å². The molecule has 1 aliphatic heterocycles. The average Bonchev–Trinajstić information content (AvgIpc) is 2.78. The van der Waals surface area contributed by atoms with Crippen LogP contribution in [0.5, 0.6) is 0 Å². The highest BCUT2D eigenvalue weighted by atomic mass is 32.1. The van der Waals surface area contributed by atoms with Gasteiger partial charge in [0.05, 0.1) is 6.10 Å². The fraction of sp³-hybridized carbons (Fsp3) is 0.636. The summed E-state index contributed by atoms with van der Waals surface area (Å²) in [6, 6.07) is 2.15. The van der Waals surface area contributed by atoms with Gasteiger partial charge in [0.2, 0.25) is 0 Å². The van der Waals surface area contributed by atoms with Crippen molar-refractivity contribution in [2.45, 2.75) is 19.6 Å². The van der Waals surface area contributed by atoms with Gasteiger partial charge in [-0.2, -0.15) is 0 Å². The highest BCUT2D eigenvalue weighted by Crippen LogP contribution is 2.15. The minimum Gasteiger partial charge on any atom is -0.391 e. The number of hydrogen-bond acceptors (Lipinski definition) is 4. The van der Waals surface area contributed by atoms with Crippen LogP contribution in [0.2, 0.25) is 0 Å². The van der Waals surface area contributed by atoms with Crippen molar-refractivity contribution >= 4 is 11.3 Å². The molecule has 2 unspecified atom stereocenters. The highest BCUT2D eigenvalue weighted by Gasteiger charge is 2.23. The Morgan fingerprint density at radius 1 is 1.60 bits per heavy atom. The predicted molar refractivity (Wildman–Crippen MR) is 63.1 cm³/mol. The summed E-state index contributed by atoms with van der Waals surface area (Å²) in [5.41, 5.74) is 1.36. The molecule has 84 valence electrons. The number of aryl methyl sites for hydroxylation is 1. The van der Waals surface area contributed by atoms with E-state index in [1.54, 1.807) is 11.3 Å². The van der Waals surface area contributed by atoms with E-state index in [9.17, 15) is 5.11 Å². The van der Waals surface area contributed by atoms with Crippen LogP contribution >= 0.6 is 11.3 Å². The van der Waals surface area contributed by atoms with Crippen molar-refractivity contribution in [2.75, 3.05) is 19.6 Å². The standard InChI is InChI=1S/C11H18N2OS/c1-8-2-3-15-11(8)7-13-5-9-4-12-6-10(9)14/h2-3,9-10,12-14H,4-7H2,1H3. The molecule has 0 aliphatic carbocycles. The molecule has 15 heavy (non-hydrogen) atoms. The largest absolute Gasteiger partial charge is 0.391 e. The van der Waals surface area contributed by atoms with Crippen LogP contribution in [0.1, 0.15) is 10.4 Å². The fourth-order valence-electron chi connectivity index (χ4n) is 1.88. The first-order valence-corrected chi connectivity index (χ1v) is 6.28. The maximum absolute atomic E-state index is 9.60. The van der Waals surface area contributed by atoms with E-state index in [0.29, 0.717) is 5.92 Å². The smallest absolute Gasteiger partial charge is 0.0716 e. The van der Waals surface area contributed by atoms with Crippen LogP contribution in [-0.4, -0.2) is 30.8 Å². The zero-order chi connectivity index (χ0) is 10.7. The van der Waals surface area contributed by atoms with Gasteiger partial charge in [-0.3, -0.25) is 0 Å². The lowest BCUT2D eigenvalue weighted by Gasteiger charge is -2.13. The van der Waals surface area contributed by atoms with Gasteiger partial charge >= 0.3 is 0 Å². The maximum Gasteiger partial charge on any atom is 0.0716 e. The second-order valence-corrected chi connectivity index (χ2v) is 5.14. The molecule has 0 amide bonds. The van der Waals surface area contributed by atoms with Gasteiger partial charge in [-0.15, -0.1) is 11.3 Å². The van der Waals surface area contributed by atoms with Crippen LogP contribution in [0.3, 0.4) is 0 Å². The Morgan fingerprint density at radius 2 is 2.47 bits per heavy atom. The Kier molecular flexibility index (Phi) is 3.75. The summed E-state index contributed by atoms with van der Waals surface area (Å²) in [4.78, 5) is 1.40. The molecule has 1 aromatic heterocycles. The highest BCUT2D eigenvalue weighted by molar-refractivity contribution is 7.10. The zero-order valence-corrected chi connectivity index (χ0v) is 9.81. The molecule has 1 saturated heterocycles. The first kappa shape index (κ1) is 11.1. The van der Waals surface area contributed by atoms with Crippen molar-refractivity contribution in [3.8, 4) is 0 Å². The summed E-state index contributed by atoms with van der Waals surface area (Å²) in [7, 11) is 0. The van der Waals surface area contributed by atoms with Crippen LogP contribution in [0.4, 0.5) is 0 Å². The van der Waals surface area contributed by atoms with E-state index < -0.39 is 0 Å². The average molecular weight is 226 g/mol. The molecule has 2 rings (SSSR count). The summed E-state index contributed by atoms with van der Waals surface area (Å²) in [6.45, 7) is 5.62. The third-order valence-electron chi connectivity index (χ3n) is 2.96. The minimum absolute atomic E-state index is 0.179. The van der Waals surface area contributed by atoms with Gasteiger partial charge in [0, 0.05) is 37.0 Å². The quantitative estimate of drug-likeness (QED) is 0.709. The number of β-amino-alcohol motifs (C(OH)–C–C–N with tert-alkyl or cyclic N) is 1. The van der Waals surface area contributed by atoms with Crippen LogP contribution in [0, 0.1) is 12.8 Å². The minimum atomic E-state index is -0.179. The van der Waals surface area contributed by atoms with Gasteiger partial charge in [0.25, 0.3) is 0 Å². The monoisotopic (exact) mass is 226 g/mol. The zero-order valence-electron chi connectivity index (χ0n) is 8.99. The molecule has 0 aromatic carbocycles. The van der Waals surface area contributed by atoms with E-state index in [0.717, 1.165) is 26.2 Å². The molecule has 2 atom stereocenters. The van der Waals surface area contributed by atoms with E-state index in [2.05, 4.69) is 29.0 Å². The van der Waals surface area contributed by atoms with Crippen molar-refractivity contribution in [3.05, 3.63) is 21.9 Å². The molecule has 0 radical (unpaired) electrons. The normalized spacial score (nSPS) is 26.0. The molecule has 2 heterocycles. The molecule has 3 nitrogen and oxygen atoms in total. The Hall–Kier alpha value is -0.420. The van der Waals surface area contributed by atoms with E-state index in [1.807, 2.05) is 0 Å². The van der Waals surface area contributed by atoms with Crippen molar-refractivity contribution in [2.24, 2.45) is 5.92 Å². The molecular formula is C11H18N2OS. The Bertz CT molecular complexity index is 313. The topological polar surface area (TPSA) is 44.3 Å². The van der Waals surface area contributed by atoms with Crippen molar-refractivity contribution in [3.63, 3.8) is 0 Å². The number of nitrogens with one attached hydrogen (secondary N) is 2. The molecular weight excluding hydrogens is 208 g/mol. The number of aliphatic hydroxyl groups excluding tert-OH is 1. The summed E-state index contributed by atoms with van der Waals surface area (Å²) >= 11 is 1.79. The Labute approximate surface area is 94.5 Å². The van der Waals surface area contributed by atoms with Crippen molar-refractivity contribution in [1.82, 2.24) is 10.6 Å². The molecule has 3 N–H and O–H groups in total. The Balaban J connectivity index is 1.73. The lowest BCUT2D eigenvalue weighted by atomic mass is 10.1. The molecule has 1 fully saturated rings. The van der Waals surface area contributed by atoms with Gasteiger partial charge < -0.3 is 15.7 Å². The van der Waals surface area contributed by atoms with Gasteiger partial charge in [-0.25, -0.2) is 0 Å². The first-order valence-electron chi connectivity index (χ1n) is 5.40. The fourth-order valence-corrected chi connectivity index (χ4v) is 2.76. The van der Waals surface area contributed by atoms with Gasteiger partial charge in [-0.1, -0.05) is 0 Å². The van der Waals surface area contributed by atoms with Crippen molar-refractivity contribution in [1.29, 1.82) is 0 Å². The SMILES string of the molecule is Cc1ccsc1CNCC1CNCC1O.